The summed E-state index contributed by atoms with van der Waals surface area (Å²) in [5.74, 6) is 0.876. The summed E-state index contributed by atoms with van der Waals surface area (Å²) in [6, 6.07) is 7.51. The first-order valence-corrected chi connectivity index (χ1v) is 8.58. The third-order valence-corrected chi connectivity index (χ3v) is 4.67. The molecular weight excluding hydrogens is 324 g/mol. The van der Waals surface area contributed by atoms with E-state index in [0.717, 1.165) is 37.4 Å². The fraction of sp³-hybridized carbons (Fsp3) is 0.389. The van der Waals surface area contributed by atoms with E-state index in [-0.39, 0.29) is 11.8 Å². The average Bonchev–Trinajstić information content (AvgIpc) is 2.88. The molecule has 1 amide bonds. The third-order valence-electron chi connectivity index (χ3n) is 4.42. The largest absolute Gasteiger partial charge is 0.354 e. The van der Waals surface area contributed by atoms with Crippen molar-refractivity contribution in [3.63, 3.8) is 0 Å². The van der Waals surface area contributed by atoms with Crippen molar-refractivity contribution in [2.75, 3.05) is 31.1 Å². The monoisotopic (exact) mass is 344 g/mol. The molecule has 1 fully saturated rings. The summed E-state index contributed by atoms with van der Waals surface area (Å²) in [6.07, 6.45) is 6.07. The van der Waals surface area contributed by atoms with Crippen LogP contribution in [0.25, 0.3) is 0 Å². The van der Waals surface area contributed by atoms with Crippen LogP contribution in [0.1, 0.15) is 24.8 Å². The lowest BCUT2D eigenvalue weighted by Crippen LogP contribution is -2.37. The molecule has 0 bridgehead atoms. The van der Waals surface area contributed by atoms with Crippen LogP contribution in [0, 0.1) is 0 Å². The van der Waals surface area contributed by atoms with Crippen LogP contribution in [0.3, 0.4) is 0 Å². The number of carbonyl (C=O) groups is 1. The maximum atomic E-state index is 12.8. The van der Waals surface area contributed by atoms with Crippen LogP contribution in [0.4, 0.5) is 5.82 Å². The molecule has 1 aliphatic heterocycles. The van der Waals surface area contributed by atoms with Crippen molar-refractivity contribution < 1.29 is 4.79 Å². The van der Waals surface area contributed by atoms with E-state index >= 15 is 0 Å². The van der Waals surface area contributed by atoms with E-state index in [2.05, 4.69) is 14.9 Å². The maximum Gasteiger partial charge on any atom is 0.229 e. The van der Waals surface area contributed by atoms with Gasteiger partial charge >= 0.3 is 0 Å². The van der Waals surface area contributed by atoms with Gasteiger partial charge in [0.05, 0.1) is 12.1 Å². The fourth-order valence-electron chi connectivity index (χ4n) is 2.99. The van der Waals surface area contributed by atoms with Gasteiger partial charge in [0.1, 0.15) is 5.82 Å². The number of halogens is 1. The second-order valence-electron chi connectivity index (χ2n) is 6.00. The Morgan fingerprint density at radius 1 is 1.12 bits per heavy atom. The van der Waals surface area contributed by atoms with Gasteiger partial charge in [-0.2, -0.15) is 0 Å². The number of hydrogen-bond donors (Lipinski definition) is 0. The summed E-state index contributed by atoms with van der Waals surface area (Å²) >= 11 is 5.93. The van der Waals surface area contributed by atoms with Crippen LogP contribution in [-0.4, -0.2) is 47.0 Å². The van der Waals surface area contributed by atoms with E-state index < -0.39 is 0 Å². The normalized spacial score (nSPS) is 16.6. The van der Waals surface area contributed by atoms with Crippen molar-refractivity contribution in [2.24, 2.45) is 0 Å². The van der Waals surface area contributed by atoms with Crippen LogP contribution in [-0.2, 0) is 4.79 Å². The van der Waals surface area contributed by atoms with Crippen molar-refractivity contribution in [1.29, 1.82) is 0 Å². The topological polar surface area (TPSA) is 49.3 Å². The summed E-state index contributed by atoms with van der Waals surface area (Å²) in [7, 11) is 0. The lowest BCUT2D eigenvalue weighted by molar-refractivity contribution is -0.132. The van der Waals surface area contributed by atoms with Crippen LogP contribution < -0.4 is 4.90 Å². The Balaban J connectivity index is 1.65. The van der Waals surface area contributed by atoms with Crippen LogP contribution in [0.15, 0.2) is 42.9 Å². The molecule has 2 heterocycles. The molecule has 1 atom stereocenters. The minimum absolute atomic E-state index is 0.162. The maximum absolute atomic E-state index is 12.8. The molecule has 3 rings (SSSR count). The summed E-state index contributed by atoms with van der Waals surface area (Å²) in [4.78, 5) is 25.4. The molecule has 126 valence electrons. The summed E-state index contributed by atoms with van der Waals surface area (Å²) < 4.78 is 0. The number of anilines is 1. The molecule has 0 radical (unpaired) electrons. The number of rotatable bonds is 3. The van der Waals surface area contributed by atoms with Gasteiger partial charge in [0.15, 0.2) is 0 Å². The number of amides is 1. The number of aromatic nitrogens is 2. The Morgan fingerprint density at radius 3 is 2.62 bits per heavy atom. The van der Waals surface area contributed by atoms with Crippen molar-refractivity contribution in [3.8, 4) is 0 Å². The minimum Gasteiger partial charge on any atom is -0.354 e. The van der Waals surface area contributed by atoms with Gasteiger partial charge < -0.3 is 9.80 Å². The van der Waals surface area contributed by atoms with E-state index in [4.69, 9.17) is 11.6 Å². The number of carbonyl (C=O) groups excluding carboxylic acids is 1. The van der Waals surface area contributed by atoms with Gasteiger partial charge in [-0.3, -0.25) is 9.78 Å². The molecule has 1 aliphatic rings. The van der Waals surface area contributed by atoms with Gasteiger partial charge in [0.2, 0.25) is 5.91 Å². The molecule has 0 saturated carbocycles. The Morgan fingerprint density at radius 2 is 1.92 bits per heavy atom. The van der Waals surface area contributed by atoms with E-state index in [9.17, 15) is 4.79 Å². The van der Waals surface area contributed by atoms with Gasteiger partial charge in [-0.05, 0) is 31.0 Å². The first kappa shape index (κ1) is 16.7. The van der Waals surface area contributed by atoms with Crippen molar-refractivity contribution >= 4 is 23.3 Å². The van der Waals surface area contributed by atoms with Crippen molar-refractivity contribution in [2.45, 2.75) is 19.3 Å². The highest BCUT2D eigenvalue weighted by Crippen LogP contribution is 2.21. The fourth-order valence-corrected chi connectivity index (χ4v) is 3.12. The molecule has 1 saturated heterocycles. The SMILES string of the molecule is CC(C(=O)N1CCCN(c2cnccn2)CC1)c1ccc(Cl)cc1. The van der Waals surface area contributed by atoms with E-state index in [1.165, 1.54) is 0 Å². The molecule has 0 N–H and O–H groups in total. The zero-order chi connectivity index (χ0) is 16.9. The Hall–Kier alpha value is -2.14. The third kappa shape index (κ3) is 3.85. The predicted octanol–water partition coefficient (Wildman–Crippen LogP) is 2.97. The highest BCUT2D eigenvalue weighted by atomic mass is 35.5. The summed E-state index contributed by atoms with van der Waals surface area (Å²) in [5, 5.41) is 0.688. The van der Waals surface area contributed by atoms with Crippen LogP contribution in [0.2, 0.25) is 5.02 Å². The van der Waals surface area contributed by atoms with Gasteiger partial charge in [-0.25, -0.2) is 4.98 Å². The van der Waals surface area contributed by atoms with E-state index in [0.29, 0.717) is 11.6 Å². The molecule has 1 aromatic heterocycles. The quantitative estimate of drug-likeness (QED) is 0.859. The molecule has 0 spiro atoms. The average molecular weight is 345 g/mol. The van der Waals surface area contributed by atoms with Gasteiger partial charge in [-0.15, -0.1) is 0 Å². The Bertz CT molecular complexity index is 677. The first-order chi connectivity index (χ1) is 11.6. The van der Waals surface area contributed by atoms with Crippen molar-refractivity contribution in [1.82, 2.24) is 14.9 Å². The molecule has 1 aromatic carbocycles. The van der Waals surface area contributed by atoms with Crippen molar-refractivity contribution in [3.05, 3.63) is 53.4 Å². The molecule has 6 heteroatoms. The number of nitrogens with zero attached hydrogens (tertiary/aromatic N) is 4. The zero-order valence-electron chi connectivity index (χ0n) is 13.7. The molecule has 2 aromatic rings. The standard InChI is InChI=1S/C18H21ClN4O/c1-14(15-3-5-16(19)6-4-15)18(24)23-10-2-9-22(11-12-23)17-13-20-7-8-21-17/h3-8,13-14H,2,9-12H2,1H3. The predicted molar refractivity (Wildman–Crippen MR) is 95.3 cm³/mol. The second-order valence-corrected chi connectivity index (χ2v) is 6.44. The summed E-state index contributed by atoms with van der Waals surface area (Å²) in [6.45, 7) is 5.09. The minimum atomic E-state index is -0.162. The van der Waals surface area contributed by atoms with E-state index in [1.807, 2.05) is 36.1 Å². The molecular formula is C18H21ClN4O. The summed E-state index contributed by atoms with van der Waals surface area (Å²) in [5.41, 5.74) is 0.999. The number of hydrogen-bond acceptors (Lipinski definition) is 4. The zero-order valence-corrected chi connectivity index (χ0v) is 14.5. The van der Waals surface area contributed by atoms with Crippen LogP contribution >= 0.6 is 11.6 Å². The lowest BCUT2D eigenvalue weighted by Gasteiger charge is -2.25. The van der Waals surface area contributed by atoms with Gasteiger partial charge in [-0.1, -0.05) is 23.7 Å². The second kappa shape index (κ2) is 7.62. The number of benzene rings is 1. The van der Waals surface area contributed by atoms with E-state index in [1.54, 1.807) is 18.6 Å². The molecule has 5 nitrogen and oxygen atoms in total. The highest BCUT2D eigenvalue weighted by molar-refractivity contribution is 6.30. The van der Waals surface area contributed by atoms with Gasteiger partial charge in [0.25, 0.3) is 0 Å². The molecule has 24 heavy (non-hydrogen) atoms. The lowest BCUT2D eigenvalue weighted by atomic mass is 10.00. The molecule has 1 unspecified atom stereocenters. The van der Waals surface area contributed by atoms with Gasteiger partial charge in [0, 0.05) is 43.6 Å². The Kier molecular flexibility index (Phi) is 5.30. The highest BCUT2D eigenvalue weighted by Gasteiger charge is 2.24. The molecule has 0 aliphatic carbocycles. The Labute approximate surface area is 147 Å². The smallest absolute Gasteiger partial charge is 0.229 e. The van der Waals surface area contributed by atoms with Crippen LogP contribution in [0.5, 0.6) is 0 Å². The first-order valence-electron chi connectivity index (χ1n) is 8.20.